The average Bonchev–Trinajstić information content (AvgIpc) is 3.11. The van der Waals surface area contributed by atoms with E-state index in [9.17, 15) is 14.4 Å². The van der Waals surface area contributed by atoms with Gasteiger partial charge in [-0.1, -0.05) is 32.1 Å². The summed E-state index contributed by atoms with van der Waals surface area (Å²) >= 11 is 0. The Morgan fingerprint density at radius 2 is 1.97 bits per heavy atom. The lowest BCUT2D eigenvalue weighted by Gasteiger charge is -2.30. The van der Waals surface area contributed by atoms with Gasteiger partial charge in [0, 0.05) is 13.1 Å². The van der Waals surface area contributed by atoms with Crippen molar-refractivity contribution in [3.05, 3.63) is 11.8 Å². The number of rotatable bonds is 5. The number of carbonyl (C=O) groups excluding carboxylic acids is 3. The first-order valence-corrected chi connectivity index (χ1v) is 10.8. The molecule has 1 N–H and O–H groups in total. The minimum Gasteiger partial charge on any atom is -0.477 e. The van der Waals surface area contributed by atoms with E-state index in [2.05, 4.69) is 5.32 Å². The zero-order valence-electron chi connectivity index (χ0n) is 16.8. The summed E-state index contributed by atoms with van der Waals surface area (Å²) in [6.45, 7) is 2.49. The first kappa shape index (κ1) is 20.3. The molecule has 8 nitrogen and oxygen atoms in total. The molecule has 0 bridgehead atoms. The summed E-state index contributed by atoms with van der Waals surface area (Å²) in [7, 11) is 0. The van der Waals surface area contributed by atoms with Gasteiger partial charge in [-0.15, -0.1) is 0 Å². The van der Waals surface area contributed by atoms with Crippen molar-refractivity contribution in [2.45, 2.75) is 63.2 Å². The molecular formula is C21H30N2O6. The summed E-state index contributed by atoms with van der Waals surface area (Å²) in [5, 5.41) is 3.10. The standard InChI is InChI=1S/C21H30N2O6/c24-18(20-19(25)17-15(28-20)7-4-8-22-17)16(13-14-5-2-1-3-6-14)29-21(26)23-9-11-27-12-10-23/h7,14,16-17,20,22H,1-6,8-13H2. The van der Waals surface area contributed by atoms with Crippen molar-refractivity contribution in [2.24, 2.45) is 5.92 Å². The summed E-state index contributed by atoms with van der Waals surface area (Å²) in [4.78, 5) is 40.2. The van der Waals surface area contributed by atoms with Gasteiger partial charge >= 0.3 is 6.09 Å². The van der Waals surface area contributed by atoms with Crippen LogP contribution in [-0.4, -0.2) is 73.7 Å². The van der Waals surface area contributed by atoms with Crippen LogP contribution in [-0.2, 0) is 23.8 Å². The first-order valence-electron chi connectivity index (χ1n) is 10.8. The number of hydrogen-bond acceptors (Lipinski definition) is 7. The minimum absolute atomic E-state index is 0.281. The molecule has 0 aromatic heterocycles. The Morgan fingerprint density at radius 3 is 2.69 bits per heavy atom. The zero-order valence-corrected chi connectivity index (χ0v) is 16.8. The largest absolute Gasteiger partial charge is 0.477 e. The number of amides is 1. The smallest absolute Gasteiger partial charge is 0.410 e. The summed E-state index contributed by atoms with van der Waals surface area (Å²) in [5.74, 6) is 0.137. The quantitative estimate of drug-likeness (QED) is 0.693. The molecule has 3 fully saturated rings. The van der Waals surface area contributed by atoms with Crippen molar-refractivity contribution in [1.82, 2.24) is 10.2 Å². The second-order valence-corrected chi connectivity index (χ2v) is 8.30. The van der Waals surface area contributed by atoms with Crippen LogP contribution in [0.3, 0.4) is 0 Å². The first-order chi connectivity index (χ1) is 14.1. The fourth-order valence-corrected chi connectivity index (χ4v) is 4.62. The molecule has 0 spiro atoms. The number of carbonyl (C=O) groups is 3. The second-order valence-electron chi connectivity index (χ2n) is 8.30. The van der Waals surface area contributed by atoms with Crippen LogP contribution >= 0.6 is 0 Å². The van der Waals surface area contributed by atoms with Gasteiger partial charge < -0.3 is 24.4 Å². The summed E-state index contributed by atoms with van der Waals surface area (Å²) in [6, 6.07) is -0.553. The lowest BCUT2D eigenvalue weighted by molar-refractivity contribution is -0.142. The van der Waals surface area contributed by atoms with Gasteiger partial charge in [-0.2, -0.15) is 0 Å². The molecule has 160 valence electrons. The highest BCUT2D eigenvalue weighted by atomic mass is 16.6. The van der Waals surface area contributed by atoms with E-state index in [1.807, 2.05) is 6.08 Å². The van der Waals surface area contributed by atoms with E-state index in [4.69, 9.17) is 14.2 Å². The molecule has 8 heteroatoms. The van der Waals surface area contributed by atoms with Crippen LogP contribution in [0.4, 0.5) is 4.79 Å². The normalized spacial score (nSPS) is 28.9. The Labute approximate surface area is 170 Å². The number of ether oxygens (including phenoxy) is 3. The summed E-state index contributed by atoms with van der Waals surface area (Å²) < 4.78 is 16.7. The molecule has 0 aromatic rings. The number of ketones is 2. The van der Waals surface area contributed by atoms with Gasteiger partial charge in [0.25, 0.3) is 0 Å². The van der Waals surface area contributed by atoms with Crippen molar-refractivity contribution in [3.63, 3.8) is 0 Å². The van der Waals surface area contributed by atoms with E-state index in [0.717, 1.165) is 32.1 Å². The molecule has 1 saturated carbocycles. The third kappa shape index (κ3) is 4.64. The summed E-state index contributed by atoms with van der Waals surface area (Å²) in [6.07, 6.45) is 5.92. The highest BCUT2D eigenvalue weighted by molar-refractivity contribution is 6.12. The monoisotopic (exact) mass is 406 g/mol. The average molecular weight is 406 g/mol. The van der Waals surface area contributed by atoms with Gasteiger partial charge in [-0.3, -0.25) is 9.59 Å². The molecule has 1 aliphatic carbocycles. The van der Waals surface area contributed by atoms with Crippen LogP contribution < -0.4 is 5.32 Å². The lowest BCUT2D eigenvalue weighted by atomic mass is 9.84. The predicted octanol–water partition coefficient (Wildman–Crippen LogP) is 1.58. The van der Waals surface area contributed by atoms with Crippen LogP contribution in [0.1, 0.15) is 44.9 Å². The lowest BCUT2D eigenvalue weighted by Crippen LogP contribution is -2.47. The topological polar surface area (TPSA) is 94.2 Å². The van der Waals surface area contributed by atoms with E-state index in [0.29, 0.717) is 50.9 Å². The molecule has 29 heavy (non-hydrogen) atoms. The molecule has 3 unspecified atom stereocenters. The maximum atomic E-state index is 13.3. The number of nitrogens with one attached hydrogen (secondary N) is 1. The van der Waals surface area contributed by atoms with Crippen molar-refractivity contribution in [3.8, 4) is 0 Å². The molecule has 3 atom stereocenters. The molecule has 3 heterocycles. The minimum atomic E-state index is -1.19. The highest BCUT2D eigenvalue weighted by Gasteiger charge is 2.48. The number of Topliss-reactive ketones (excluding diaryl/α,β-unsaturated/α-hetero) is 2. The molecule has 3 aliphatic heterocycles. The van der Waals surface area contributed by atoms with E-state index in [-0.39, 0.29) is 5.78 Å². The fourth-order valence-electron chi connectivity index (χ4n) is 4.62. The number of fused-ring (bicyclic) bond motifs is 1. The molecule has 1 amide bonds. The Morgan fingerprint density at radius 1 is 1.21 bits per heavy atom. The van der Waals surface area contributed by atoms with E-state index in [1.54, 1.807) is 4.90 Å². The third-order valence-corrected chi connectivity index (χ3v) is 6.28. The van der Waals surface area contributed by atoms with Crippen molar-refractivity contribution in [1.29, 1.82) is 0 Å². The highest BCUT2D eigenvalue weighted by Crippen LogP contribution is 2.31. The molecule has 4 aliphatic rings. The van der Waals surface area contributed by atoms with Gasteiger partial charge in [0.2, 0.25) is 17.7 Å². The maximum Gasteiger partial charge on any atom is 0.410 e. The van der Waals surface area contributed by atoms with E-state index in [1.165, 1.54) is 6.42 Å². The van der Waals surface area contributed by atoms with Crippen molar-refractivity contribution in [2.75, 3.05) is 32.8 Å². The molecule has 0 aromatic carbocycles. The van der Waals surface area contributed by atoms with Gasteiger partial charge in [0.15, 0.2) is 6.10 Å². The van der Waals surface area contributed by atoms with Crippen LogP contribution in [0.25, 0.3) is 0 Å². The molecule has 4 rings (SSSR count). The van der Waals surface area contributed by atoms with Gasteiger partial charge in [0.05, 0.1) is 13.2 Å². The van der Waals surface area contributed by atoms with Crippen LogP contribution in [0.5, 0.6) is 0 Å². The van der Waals surface area contributed by atoms with Crippen LogP contribution in [0.2, 0.25) is 0 Å². The number of nitrogens with zero attached hydrogens (tertiary/aromatic N) is 1. The number of hydrogen-bond donors (Lipinski definition) is 1. The Balaban J connectivity index is 1.46. The Hall–Kier alpha value is -1.93. The van der Waals surface area contributed by atoms with Crippen LogP contribution in [0, 0.1) is 5.92 Å². The molecule has 2 saturated heterocycles. The molecule has 0 radical (unpaired) electrons. The Kier molecular flexibility index (Phi) is 6.50. The predicted molar refractivity (Wildman–Crippen MR) is 103 cm³/mol. The second kappa shape index (κ2) is 9.26. The van der Waals surface area contributed by atoms with Crippen molar-refractivity contribution >= 4 is 17.7 Å². The SMILES string of the molecule is O=C(C(CC1CCCCC1)OC(=O)N1CCOCC1)C1OC2=CCCNC2C1=O. The van der Waals surface area contributed by atoms with E-state index >= 15 is 0 Å². The van der Waals surface area contributed by atoms with Gasteiger partial charge in [-0.25, -0.2) is 4.79 Å². The van der Waals surface area contributed by atoms with Gasteiger partial charge in [-0.05, 0) is 31.4 Å². The maximum absolute atomic E-state index is 13.3. The number of morpholine rings is 1. The fraction of sp³-hybridized carbons (Fsp3) is 0.762. The summed E-state index contributed by atoms with van der Waals surface area (Å²) in [5.41, 5.74) is 0. The van der Waals surface area contributed by atoms with Crippen LogP contribution in [0.15, 0.2) is 11.8 Å². The zero-order chi connectivity index (χ0) is 20.2. The third-order valence-electron chi connectivity index (χ3n) is 6.28. The van der Waals surface area contributed by atoms with Crippen molar-refractivity contribution < 1.29 is 28.6 Å². The van der Waals surface area contributed by atoms with Gasteiger partial charge in [0.1, 0.15) is 11.8 Å². The molecular weight excluding hydrogens is 376 g/mol. The Bertz CT molecular complexity index is 666. The van der Waals surface area contributed by atoms with E-state index < -0.39 is 30.1 Å².